The molecule has 0 atom stereocenters. The third-order valence-electron chi connectivity index (χ3n) is 5.17. The number of nitrogens with zero attached hydrogens (tertiary/aromatic N) is 4. The van der Waals surface area contributed by atoms with Crippen molar-refractivity contribution in [3.8, 4) is 0 Å². The molecule has 0 aromatic heterocycles. The van der Waals surface area contributed by atoms with Gasteiger partial charge in [-0.15, -0.1) is 24.0 Å². The van der Waals surface area contributed by atoms with Crippen LogP contribution in [0.2, 0.25) is 0 Å². The smallest absolute Gasteiger partial charge is 0.219 e. The van der Waals surface area contributed by atoms with Crippen molar-refractivity contribution in [2.45, 2.75) is 40.8 Å². The maximum Gasteiger partial charge on any atom is 0.219 e. The van der Waals surface area contributed by atoms with E-state index in [1.807, 2.05) is 4.90 Å². The molecule has 0 bridgehead atoms. The minimum absolute atomic E-state index is 0. The Balaban J connectivity index is 0.00000392. The van der Waals surface area contributed by atoms with Crippen molar-refractivity contribution >= 4 is 35.8 Å². The predicted octanol–water partition coefficient (Wildman–Crippen LogP) is 2.78. The molecule has 1 aromatic rings. The van der Waals surface area contributed by atoms with Gasteiger partial charge in [0.25, 0.3) is 0 Å². The Labute approximate surface area is 187 Å². The molecule has 7 heteroatoms. The standard InChI is InChI=1S/C21H35N5O.HI/c1-5-22-21(26-14-12-25(13-15-26)18(4)27)23-16-19-10-8-9-11-20(19)17-24(6-2)7-3;/h8-11H,5-7,12-17H2,1-4H3,(H,22,23);1H. The van der Waals surface area contributed by atoms with Crippen LogP contribution >= 0.6 is 24.0 Å². The van der Waals surface area contributed by atoms with Crippen LogP contribution in [0.4, 0.5) is 0 Å². The first-order valence-electron chi connectivity index (χ1n) is 10.2. The summed E-state index contributed by atoms with van der Waals surface area (Å²) in [7, 11) is 0. The van der Waals surface area contributed by atoms with Gasteiger partial charge < -0.3 is 15.1 Å². The van der Waals surface area contributed by atoms with Crippen molar-refractivity contribution in [2.75, 3.05) is 45.8 Å². The van der Waals surface area contributed by atoms with E-state index in [-0.39, 0.29) is 29.9 Å². The maximum absolute atomic E-state index is 11.5. The van der Waals surface area contributed by atoms with Crippen LogP contribution < -0.4 is 5.32 Å². The number of halogens is 1. The fourth-order valence-corrected chi connectivity index (χ4v) is 3.37. The third kappa shape index (κ3) is 7.24. The summed E-state index contributed by atoms with van der Waals surface area (Å²) in [6.45, 7) is 15.9. The van der Waals surface area contributed by atoms with Gasteiger partial charge >= 0.3 is 0 Å². The monoisotopic (exact) mass is 501 g/mol. The minimum Gasteiger partial charge on any atom is -0.357 e. The van der Waals surface area contributed by atoms with Crippen LogP contribution in [-0.4, -0.2) is 72.4 Å². The van der Waals surface area contributed by atoms with Crippen molar-refractivity contribution in [1.29, 1.82) is 0 Å². The Hall–Kier alpha value is -1.35. The molecule has 1 amide bonds. The Bertz CT molecular complexity index is 625. The van der Waals surface area contributed by atoms with Crippen LogP contribution in [0, 0.1) is 0 Å². The maximum atomic E-state index is 11.5. The highest BCUT2D eigenvalue weighted by atomic mass is 127. The number of guanidine groups is 1. The number of amides is 1. The lowest BCUT2D eigenvalue weighted by atomic mass is 10.1. The molecule has 0 spiro atoms. The Morgan fingerprint density at radius 1 is 1.04 bits per heavy atom. The van der Waals surface area contributed by atoms with Crippen LogP contribution in [0.15, 0.2) is 29.3 Å². The molecular weight excluding hydrogens is 465 g/mol. The molecule has 0 unspecified atom stereocenters. The topological polar surface area (TPSA) is 51.2 Å². The predicted molar refractivity (Wildman–Crippen MR) is 127 cm³/mol. The van der Waals surface area contributed by atoms with E-state index in [4.69, 9.17) is 4.99 Å². The second-order valence-corrected chi connectivity index (χ2v) is 6.89. The summed E-state index contributed by atoms with van der Waals surface area (Å²) in [6.07, 6.45) is 0. The zero-order valence-electron chi connectivity index (χ0n) is 17.8. The lowest BCUT2D eigenvalue weighted by Crippen LogP contribution is -2.53. The Morgan fingerprint density at radius 3 is 2.14 bits per heavy atom. The fourth-order valence-electron chi connectivity index (χ4n) is 3.37. The lowest BCUT2D eigenvalue weighted by Gasteiger charge is -2.36. The number of carbonyl (C=O) groups is 1. The van der Waals surface area contributed by atoms with E-state index in [0.717, 1.165) is 58.3 Å². The highest BCUT2D eigenvalue weighted by Crippen LogP contribution is 2.13. The van der Waals surface area contributed by atoms with Gasteiger partial charge in [0.2, 0.25) is 5.91 Å². The Morgan fingerprint density at radius 2 is 1.61 bits per heavy atom. The van der Waals surface area contributed by atoms with E-state index >= 15 is 0 Å². The highest BCUT2D eigenvalue weighted by Gasteiger charge is 2.20. The van der Waals surface area contributed by atoms with Gasteiger partial charge in [-0.1, -0.05) is 38.1 Å². The van der Waals surface area contributed by atoms with E-state index in [1.165, 1.54) is 11.1 Å². The molecule has 2 rings (SSSR count). The number of nitrogens with one attached hydrogen (secondary N) is 1. The first-order chi connectivity index (χ1) is 13.1. The average Bonchev–Trinajstić information content (AvgIpc) is 2.70. The van der Waals surface area contributed by atoms with Crippen LogP contribution in [-0.2, 0) is 17.9 Å². The molecule has 1 aromatic carbocycles. The number of benzene rings is 1. The number of hydrogen-bond acceptors (Lipinski definition) is 3. The molecule has 1 aliphatic heterocycles. The van der Waals surface area contributed by atoms with E-state index in [1.54, 1.807) is 6.92 Å². The first-order valence-corrected chi connectivity index (χ1v) is 10.2. The van der Waals surface area contributed by atoms with Crippen LogP contribution in [0.25, 0.3) is 0 Å². The number of carbonyl (C=O) groups excluding carboxylic acids is 1. The molecule has 1 saturated heterocycles. The summed E-state index contributed by atoms with van der Waals surface area (Å²) in [5.74, 6) is 1.10. The second-order valence-electron chi connectivity index (χ2n) is 6.89. The summed E-state index contributed by atoms with van der Waals surface area (Å²) in [6, 6.07) is 8.59. The number of piperazine rings is 1. The second kappa shape index (κ2) is 13.0. The van der Waals surface area contributed by atoms with E-state index in [9.17, 15) is 4.79 Å². The molecule has 1 aliphatic rings. The molecule has 6 nitrogen and oxygen atoms in total. The SMILES string of the molecule is CCNC(=NCc1ccccc1CN(CC)CC)N1CCN(C(C)=O)CC1.I. The van der Waals surface area contributed by atoms with Crippen molar-refractivity contribution in [3.05, 3.63) is 35.4 Å². The summed E-state index contributed by atoms with van der Waals surface area (Å²) >= 11 is 0. The average molecular weight is 501 g/mol. The number of rotatable bonds is 7. The van der Waals surface area contributed by atoms with Gasteiger partial charge in [0.05, 0.1) is 6.54 Å². The van der Waals surface area contributed by atoms with Gasteiger partial charge in [-0.2, -0.15) is 0 Å². The van der Waals surface area contributed by atoms with Crippen molar-refractivity contribution < 1.29 is 4.79 Å². The summed E-state index contributed by atoms with van der Waals surface area (Å²) < 4.78 is 0. The van der Waals surface area contributed by atoms with Crippen LogP contribution in [0.5, 0.6) is 0 Å². The molecule has 158 valence electrons. The lowest BCUT2D eigenvalue weighted by molar-refractivity contribution is -0.130. The van der Waals surface area contributed by atoms with Crippen molar-refractivity contribution in [1.82, 2.24) is 20.0 Å². The zero-order chi connectivity index (χ0) is 19.6. The molecule has 28 heavy (non-hydrogen) atoms. The van der Waals surface area contributed by atoms with Crippen molar-refractivity contribution in [2.24, 2.45) is 4.99 Å². The van der Waals surface area contributed by atoms with Crippen molar-refractivity contribution in [3.63, 3.8) is 0 Å². The molecule has 1 N–H and O–H groups in total. The molecular formula is C21H36IN5O. The van der Waals surface area contributed by atoms with E-state index < -0.39 is 0 Å². The van der Waals surface area contributed by atoms with E-state index in [0.29, 0.717) is 6.54 Å². The molecule has 0 saturated carbocycles. The molecule has 0 radical (unpaired) electrons. The quantitative estimate of drug-likeness (QED) is 0.355. The molecule has 1 fully saturated rings. The molecule has 0 aliphatic carbocycles. The van der Waals surface area contributed by atoms with E-state index in [2.05, 4.69) is 60.2 Å². The first kappa shape index (κ1) is 24.7. The Kier molecular flexibility index (Phi) is 11.4. The summed E-state index contributed by atoms with van der Waals surface area (Å²) in [5.41, 5.74) is 2.63. The number of aliphatic imine (C=N–C) groups is 1. The van der Waals surface area contributed by atoms with Gasteiger partial charge in [0.1, 0.15) is 0 Å². The van der Waals surface area contributed by atoms with Gasteiger partial charge in [0.15, 0.2) is 5.96 Å². The molecule has 1 heterocycles. The summed E-state index contributed by atoms with van der Waals surface area (Å²) in [5, 5.41) is 3.41. The fraction of sp³-hybridized carbons (Fsp3) is 0.619. The van der Waals surface area contributed by atoms with Gasteiger partial charge in [-0.25, -0.2) is 4.99 Å². The minimum atomic E-state index is 0. The van der Waals surface area contributed by atoms with Crippen LogP contribution in [0.3, 0.4) is 0 Å². The zero-order valence-corrected chi connectivity index (χ0v) is 20.1. The number of hydrogen-bond donors (Lipinski definition) is 1. The summed E-state index contributed by atoms with van der Waals surface area (Å²) in [4.78, 5) is 23.0. The van der Waals surface area contributed by atoms with Gasteiger partial charge in [0, 0.05) is 46.2 Å². The van der Waals surface area contributed by atoms with Gasteiger partial charge in [-0.3, -0.25) is 9.69 Å². The van der Waals surface area contributed by atoms with Gasteiger partial charge in [-0.05, 0) is 31.1 Å². The highest BCUT2D eigenvalue weighted by molar-refractivity contribution is 14.0. The third-order valence-corrected chi connectivity index (χ3v) is 5.17. The normalized spacial score (nSPS) is 14.8. The van der Waals surface area contributed by atoms with Crippen LogP contribution in [0.1, 0.15) is 38.8 Å². The largest absolute Gasteiger partial charge is 0.357 e.